The number of nitrogens with two attached hydrogens (primary N) is 1. The lowest BCUT2D eigenvalue weighted by Gasteiger charge is -2.40. The van der Waals surface area contributed by atoms with E-state index in [2.05, 4.69) is 19.1 Å². The Labute approximate surface area is 138 Å². The van der Waals surface area contributed by atoms with Gasteiger partial charge < -0.3 is 10.6 Å². The summed E-state index contributed by atoms with van der Waals surface area (Å²) in [4.78, 5) is 14.1. The van der Waals surface area contributed by atoms with Crippen molar-refractivity contribution in [1.29, 1.82) is 0 Å². The van der Waals surface area contributed by atoms with Crippen LogP contribution in [0.1, 0.15) is 31.7 Å². The van der Waals surface area contributed by atoms with Crippen molar-refractivity contribution >= 4 is 15.7 Å². The fourth-order valence-electron chi connectivity index (χ4n) is 3.05. The summed E-state index contributed by atoms with van der Waals surface area (Å²) < 4.78 is 22.4. The Hall–Kier alpha value is -1.40. The van der Waals surface area contributed by atoms with Crippen LogP contribution in [0.25, 0.3) is 0 Å². The zero-order valence-electron chi connectivity index (χ0n) is 13.9. The molecule has 1 atom stereocenters. The highest BCUT2D eigenvalue weighted by atomic mass is 32.2. The highest BCUT2D eigenvalue weighted by Gasteiger charge is 2.34. The van der Waals surface area contributed by atoms with Crippen LogP contribution in [0.5, 0.6) is 0 Å². The number of hydrogen-bond acceptors (Lipinski definition) is 4. The van der Waals surface area contributed by atoms with Gasteiger partial charge in [0.1, 0.15) is 9.84 Å². The fraction of sp³-hybridized carbons (Fsp3) is 0.588. The molecular weight excluding hydrogens is 312 g/mol. The van der Waals surface area contributed by atoms with Crippen LogP contribution in [-0.4, -0.2) is 50.4 Å². The molecule has 6 heteroatoms. The van der Waals surface area contributed by atoms with E-state index in [9.17, 15) is 13.2 Å². The lowest BCUT2D eigenvalue weighted by atomic mass is 9.74. The molecule has 1 amide bonds. The van der Waals surface area contributed by atoms with E-state index >= 15 is 0 Å². The minimum atomic E-state index is -3.09. The number of hydrogen-bond donors (Lipinski definition) is 1. The van der Waals surface area contributed by atoms with Gasteiger partial charge in [-0.1, -0.05) is 37.3 Å². The van der Waals surface area contributed by atoms with Crippen LogP contribution in [-0.2, 0) is 20.0 Å². The Morgan fingerprint density at radius 3 is 2.35 bits per heavy atom. The maximum atomic E-state index is 12.4. The Kier molecular flexibility index (Phi) is 5.47. The summed E-state index contributed by atoms with van der Waals surface area (Å²) >= 11 is 0. The second-order valence-electron chi connectivity index (χ2n) is 6.78. The van der Waals surface area contributed by atoms with Gasteiger partial charge >= 0.3 is 0 Å². The number of sulfone groups is 1. The highest BCUT2D eigenvalue weighted by molar-refractivity contribution is 7.90. The third-order valence-electron chi connectivity index (χ3n) is 4.77. The van der Waals surface area contributed by atoms with E-state index < -0.39 is 15.9 Å². The third kappa shape index (κ3) is 4.78. The third-order valence-corrected chi connectivity index (χ3v) is 5.74. The molecule has 5 nitrogen and oxygen atoms in total. The van der Waals surface area contributed by atoms with E-state index in [1.54, 1.807) is 4.90 Å². The van der Waals surface area contributed by atoms with Crippen LogP contribution in [0.3, 0.4) is 0 Å². The van der Waals surface area contributed by atoms with Crippen LogP contribution in [0.2, 0.25) is 0 Å². The van der Waals surface area contributed by atoms with Crippen molar-refractivity contribution in [2.24, 2.45) is 5.73 Å². The normalized spacial score (nSPS) is 19.3. The van der Waals surface area contributed by atoms with Crippen LogP contribution < -0.4 is 5.73 Å². The van der Waals surface area contributed by atoms with Crippen molar-refractivity contribution in [3.05, 3.63) is 35.9 Å². The number of piperidine rings is 1. The molecule has 1 heterocycles. The quantitative estimate of drug-likeness (QED) is 0.878. The molecule has 128 valence electrons. The number of likely N-dealkylation sites (tertiary alicyclic amines) is 1. The minimum Gasteiger partial charge on any atom is -0.341 e. The molecule has 1 unspecified atom stereocenters. The van der Waals surface area contributed by atoms with Gasteiger partial charge in [0.05, 0.1) is 11.8 Å². The molecule has 1 aromatic carbocycles. The molecule has 0 aromatic heterocycles. The Morgan fingerprint density at radius 1 is 1.26 bits per heavy atom. The molecule has 1 aliphatic rings. The van der Waals surface area contributed by atoms with E-state index in [1.807, 2.05) is 18.2 Å². The average Bonchev–Trinajstić information content (AvgIpc) is 2.53. The summed E-state index contributed by atoms with van der Waals surface area (Å²) in [6.45, 7) is 3.56. The summed E-state index contributed by atoms with van der Waals surface area (Å²) in [5.74, 6) is -0.182. The summed E-state index contributed by atoms with van der Waals surface area (Å²) in [5, 5.41) is 0. The largest absolute Gasteiger partial charge is 0.341 e. The number of benzene rings is 1. The van der Waals surface area contributed by atoms with Gasteiger partial charge in [-0.05, 0) is 30.2 Å². The summed E-state index contributed by atoms with van der Waals surface area (Å²) in [6, 6.07) is 9.63. The maximum absolute atomic E-state index is 12.4. The first kappa shape index (κ1) is 17.9. The molecule has 23 heavy (non-hydrogen) atoms. The summed E-state index contributed by atoms with van der Waals surface area (Å²) in [5.41, 5.74) is 7.26. The van der Waals surface area contributed by atoms with Gasteiger partial charge in [-0.15, -0.1) is 0 Å². The Morgan fingerprint density at radius 2 is 1.83 bits per heavy atom. The minimum absolute atomic E-state index is 0.0462. The SMILES string of the molecule is CC1(c2ccccc2)CCN(C(=O)C(N)CCS(C)(=O)=O)CC1. The van der Waals surface area contributed by atoms with E-state index in [0.29, 0.717) is 13.1 Å². The standard InChI is InChI=1S/C17H26N2O3S/c1-17(14-6-4-3-5-7-14)9-11-19(12-10-17)16(20)15(18)8-13-23(2,21)22/h3-7,15H,8-13,18H2,1-2H3. The monoisotopic (exact) mass is 338 g/mol. The van der Waals surface area contributed by atoms with Gasteiger partial charge in [-0.2, -0.15) is 0 Å². The van der Waals surface area contributed by atoms with Crippen molar-refractivity contribution in [3.63, 3.8) is 0 Å². The van der Waals surface area contributed by atoms with E-state index in [0.717, 1.165) is 19.1 Å². The van der Waals surface area contributed by atoms with Crippen LogP contribution in [0, 0.1) is 0 Å². The first-order valence-electron chi connectivity index (χ1n) is 7.99. The lowest BCUT2D eigenvalue weighted by Crippen LogP contribution is -2.50. The van der Waals surface area contributed by atoms with E-state index in [1.165, 1.54) is 5.56 Å². The predicted octanol–water partition coefficient (Wildman–Crippen LogP) is 1.33. The molecule has 2 rings (SSSR count). The van der Waals surface area contributed by atoms with Crippen molar-refractivity contribution in [1.82, 2.24) is 4.90 Å². The first-order valence-corrected chi connectivity index (χ1v) is 10.0. The van der Waals surface area contributed by atoms with Crippen LogP contribution >= 0.6 is 0 Å². The molecule has 1 fully saturated rings. The summed E-state index contributed by atoms with van der Waals surface area (Å²) in [7, 11) is -3.09. The molecule has 1 aliphatic heterocycles. The first-order chi connectivity index (χ1) is 10.7. The molecular formula is C17H26N2O3S. The molecule has 0 spiro atoms. The van der Waals surface area contributed by atoms with Gasteiger partial charge in [0.2, 0.25) is 5.91 Å². The average molecular weight is 338 g/mol. The van der Waals surface area contributed by atoms with Crippen molar-refractivity contribution in [2.45, 2.75) is 37.6 Å². The predicted molar refractivity (Wildman–Crippen MR) is 91.9 cm³/mol. The molecule has 0 bridgehead atoms. The fourth-order valence-corrected chi connectivity index (χ4v) is 3.73. The second kappa shape index (κ2) is 7.01. The number of rotatable bonds is 5. The second-order valence-corrected chi connectivity index (χ2v) is 9.04. The van der Waals surface area contributed by atoms with Gasteiger partial charge in [0.25, 0.3) is 0 Å². The zero-order valence-corrected chi connectivity index (χ0v) is 14.7. The molecule has 0 saturated carbocycles. The smallest absolute Gasteiger partial charge is 0.239 e. The number of carbonyl (C=O) groups is 1. The number of carbonyl (C=O) groups excluding carboxylic acids is 1. The van der Waals surface area contributed by atoms with Crippen molar-refractivity contribution in [3.8, 4) is 0 Å². The van der Waals surface area contributed by atoms with Gasteiger partial charge in [0.15, 0.2) is 0 Å². The van der Waals surface area contributed by atoms with Crippen LogP contribution in [0.15, 0.2) is 30.3 Å². The Balaban J connectivity index is 1.92. The highest BCUT2D eigenvalue weighted by Crippen LogP contribution is 2.34. The van der Waals surface area contributed by atoms with Crippen molar-refractivity contribution in [2.75, 3.05) is 25.1 Å². The van der Waals surface area contributed by atoms with E-state index in [-0.39, 0.29) is 23.5 Å². The topological polar surface area (TPSA) is 80.5 Å². The summed E-state index contributed by atoms with van der Waals surface area (Å²) in [6.07, 6.45) is 3.13. The van der Waals surface area contributed by atoms with E-state index in [4.69, 9.17) is 5.73 Å². The van der Waals surface area contributed by atoms with Gasteiger partial charge in [-0.25, -0.2) is 8.42 Å². The lowest BCUT2D eigenvalue weighted by molar-refractivity contribution is -0.134. The number of nitrogens with zero attached hydrogens (tertiary/aromatic N) is 1. The molecule has 0 aliphatic carbocycles. The van der Waals surface area contributed by atoms with Crippen LogP contribution in [0.4, 0.5) is 0 Å². The molecule has 2 N–H and O–H groups in total. The van der Waals surface area contributed by atoms with Gasteiger partial charge in [-0.3, -0.25) is 4.79 Å². The molecule has 1 saturated heterocycles. The Bertz CT molecular complexity index is 635. The van der Waals surface area contributed by atoms with Gasteiger partial charge in [0, 0.05) is 19.3 Å². The maximum Gasteiger partial charge on any atom is 0.239 e. The van der Waals surface area contributed by atoms with Crippen molar-refractivity contribution < 1.29 is 13.2 Å². The molecule has 0 radical (unpaired) electrons. The molecule has 1 aromatic rings. The number of amides is 1. The zero-order chi connectivity index (χ0) is 17.1.